The van der Waals surface area contributed by atoms with Gasteiger partial charge < -0.3 is 14.5 Å². The Hall–Kier alpha value is -2.30. The summed E-state index contributed by atoms with van der Waals surface area (Å²) in [5.74, 6) is 2.09. The summed E-state index contributed by atoms with van der Waals surface area (Å²) in [6.45, 7) is 3.90. The molecule has 0 aliphatic carbocycles. The van der Waals surface area contributed by atoms with Gasteiger partial charge in [-0.1, -0.05) is 26.0 Å². The number of ether oxygens (including phenoxy) is 2. The van der Waals surface area contributed by atoms with Gasteiger partial charge >= 0.3 is 0 Å². The molecule has 0 aliphatic heterocycles. The summed E-state index contributed by atoms with van der Waals surface area (Å²) in [5, 5.41) is 0. The molecule has 0 bridgehead atoms. The van der Waals surface area contributed by atoms with Crippen LogP contribution in [-0.4, -0.2) is 17.1 Å². The zero-order valence-corrected chi connectivity index (χ0v) is 11.1. The van der Waals surface area contributed by atoms with Crippen molar-refractivity contribution >= 4 is 0 Å². The van der Waals surface area contributed by atoms with Crippen LogP contribution in [0.25, 0.3) is 0 Å². The number of methoxy groups -OCH3 is 1. The van der Waals surface area contributed by atoms with Crippen molar-refractivity contribution in [1.82, 2.24) is 9.97 Å². The van der Waals surface area contributed by atoms with E-state index in [1.54, 1.807) is 19.2 Å². The number of aromatic amines is 1. The number of para-hydroxylation sites is 2. The lowest BCUT2D eigenvalue weighted by Crippen LogP contribution is -2.12. The normalized spacial score (nSPS) is 10.5. The number of rotatable bonds is 4. The number of aromatic nitrogens is 2. The van der Waals surface area contributed by atoms with E-state index in [1.165, 1.54) is 6.07 Å². The highest BCUT2D eigenvalue weighted by atomic mass is 16.5. The third-order valence-corrected chi connectivity index (χ3v) is 2.57. The second-order valence-corrected chi connectivity index (χ2v) is 4.38. The third kappa shape index (κ3) is 3.13. The fourth-order valence-electron chi connectivity index (χ4n) is 1.59. The maximum Gasteiger partial charge on any atom is 0.254 e. The summed E-state index contributed by atoms with van der Waals surface area (Å²) in [5.41, 5.74) is -0.233. The van der Waals surface area contributed by atoms with E-state index in [0.29, 0.717) is 17.3 Å². The maximum absolute atomic E-state index is 11.6. The summed E-state index contributed by atoms with van der Waals surface area (Å²) < 4.78 is 10.8. The van der Waals surface area contributed by atoms with E-state index in [0.717, 1.165) is 0 Å². The van der Waals surface area contributed by atoms with E-state index in [2.05, 4.69) is 9.97 Å². The lowest BCUT2D eigenvalue weighted by Gasteiger charge is -2.10. The van der Waals surface area contributed by atoms with Gasteiger partial charge in [0.25, 0.3) is 5.56 Å². The fourth-order valence-corrected chi connectivity index (χ4v) is 1.59. The van der Waals surface area contributed by atoms with Gasteiger partial charge in [-0.05, 0) is 12.1 Å². The van der Waals surface area contributed by atoms with Gasteiger partial charge in [-0.25, -0.2) is 0 Å². The summed E-state index contributed by atoms with van der Waals surface area (Å²) in [6.07, 6.45) is 0. The largest absolute Gasteiger partial charge is 0.493 e. The van der Waals surface area contributed by atoms with E-state index in [4.69, 9.17) is 9.47 Å². The Morgan fingerprint density at radius 2 is 1.89 bits per heavy atom. The number of H-pyrrole nitrogens is 1. The number of hydrogen-bond donors (Lipinski definition) is 1. The van der Waals surface area contributed by atoms with Crippen LogP contribution in [0.4, 0.5) is 0 Å². The van der Waals surface area contributed by atoms with Gasteiger partial charge in [-0.2, -0.15) is 4.98 Å². The molecule has 0 spiro atoms. The molecular formula is C14H16N2O3. The van der Waals surface area contributed by atoms with Gasteiger partial charge in [-0.15, -0.1) is 0 Å². The molecule has 0 amide bonds. The van der Waals surface area contributed by atoms with Crippen molar-refractivity contribution in [1.29, 1.82) is 0 Å². The summed E-state index contributed by atoms with van der Waals surface area (Å²) >= 11 is 0. The van der Waals surface area contributed by atoms with Crippen LogP contribution in [0.5, 0.6) is 17.4 Å². The molecule has 2 rings (SSSR count). The standard InChI is InChI=1S/C14H16N2O3/c1-9(2)14-15-12(17)8-13(16-14)19-11-7-5-4-6-10(11)18-3/h4-9H,1-3H3,(H,15,16,17). The second-order valence-electron chi connectivity index (χ2n) is 4.38. The molecule has 0 aliphatic rings. The van der Waals surface area contributed by atoms with Crippen LogP contribution in [0.15, 0.2) is 35.1 Å². The van der Waals surface area contributed by atoms with E-state index in [1.807, 2.05) is 26.0 Å². The van der Waals surface area contributed by atoms with Gasteiger partial charge in [0.1, 0.15) is 5.82 Å². The third-order valence-electron chi connectivity index (χ3n) is 2.57. The van der Waals surface area contributed by atoms with Crippen LogP contribution in [-0.2, 0) is 0 Å². The first-order valence-electron chi connectivity index (χ1n) is 6.02. The highest BCUT2D eigenvalue weighted by Crippen LogP contribution is 2.29. The van der Waals surface area contributed by atoms with Crippen molar-refractivity contribution in [3.63, 3.8) is 0 Å². The van der Waals surface area contributed by atoms with E-state index < -0.39 is 0 Å². The molecule has 0 saturated carbocycles. The predicted molar refractivity (Wildman–Crippen MR) is 72.0 cm³/mol. The van der Waals surface area contributed by atoms with Crippen molar-refractivity contribution in [2.24, 2.45) is 0 Å². The van der Waals surface area contributed by atoms with Crippen LogP contribution < -0.4 is 15.0 Å². The van der Waals surface area contributed by atoms with Gasteiger partial charge in [0.05, 0.1) is 13.2 Å². The van der Waals surface area contributed by atoms with Crippen LogP contribution in [0.1, 0.15) is 25.6 Å². The van der Waals surface area contributed by atoms with Crippen molar-refractivity contribution in [2.75, 3.05) is 7.11 Å². The average molecular weight is 260 g/mol. The molecule has 0 unspecified atom stereocenters. The Morgan fingerprint density at radius 3 is 2.53 bits per heavy atom. The topological polar surface area (TPSA) is 64.2 Å². The lowest BCUT2D eigenvalue weighted by molar-refractivity contribution is 0.372. The first kappa shape index (κ1) is 13.1. The molecule has 1 N–H and O–H groups in total. The smallest absolute Gasteiger partial charge is 0.254 e. The molecule has 2 aromatic rings. The SMILES string of the molecule is COc1ccccc1Oc1cc(=O)[nH]c(C(C)C)n1. The molecule has 100 valence electrons. The van der Waals surface area contributed by atoms with E-state index in [-0.39, 0.29) is 17.4 Å². The Balaban J connectivity index is 2.35. The minimum Gasteiger partial charge on any atom is -0.493 e. The molecule has 5 nitrogen and oxygen atoms in total. The second kappa shape index (κ2) is 5.56. The van der Waals surface area contributed by atoms with Crippen LogP contribution >= 0.6 is 0 Å². The minimum absolute atomic E-state index is 0.119. The van der Waals surface area contributed by atoms with Crippen LogP contribution in [0.2, 0.25) is 0 Å². The van der Waals surface area contributed by atoms with Gasteiger partial charge in [-0.3, -0.25) is 4.79 Å². The Labute approximate surface area is 111 Å². The minimum atomic E-state index is -0.233. The van der Waals surface area contributed by atoms with Crippen molar-refractivity contribution in [3.05, 3.63) is 46.5 Å². The van der Waals surface area contributed by atoms with Gasteiger partial charge in [0, 0.05) is 5.92 Å². The molecule has 0 saturated heterocycles. The summed E-state index contributed by atoms with van der Waals surface area (Å²) in [4.78, 5) is 18.5. The number of hydrogen-bond acceptors (Lipinski definition) is 4. The Bertz CT molecular complexity index is 620. The molecule has 0 atom stereocenters. The molecule has 1 aromatic carbocycles. The van der Waals surface area contributed by atoms with Crippen molar-refractivity contribution in [3.8, 4) is 17.4 Å². The van der Waals surface area contributed by atoms with E-state index in [9.17, 15) is 4.79 Å². The molecule has 1 heterocycles. The summed E-state index contributed by atoms with van der Waals surface area (Å²) in [7, 11) is 1.56. The van der Waals surface area contributed by atoms with Gasteiger partial charge in [0.15, 0.2) is 11.5 Å². The Kier molecular flexibility index (Phi) is 3.85. The molecule has 19 heavy (non-hydrogen) atoms. The van der Waals surface area contributed by atoms with Gasteiger partial charge in [0.2, 0.25) is 5.88 Å². The van der Waals surface area contributed by atoms with Crippen LogP contribution in [0, 0.1) is 0 Å². The zero-order valence-electron chi connectivity index (χ0n) is 11.1. The molecule has 0 fully saturated rings. The first-order valence-corrected chi connectivity index (χ1v) is 6.02. The number of nitrogens with one attached hydrogen (secondary N) is 1. The van der Waals surface area contributed by atoms with Crippen molar-refractivity contribution in [2.45, 2.75) is 19.8 Å². The quantitative estimate of drug-likeness (QED) is 0.918. The molecule has 1 aromatic heterocycles. The maximum atomic E-state index is 11.6. The number of nitrogens with zero attached hydrogens (tertiary/aromatic N) is 1. The highest BCUT2D eigenvalue weighted by molar-refractivity contribution is 5.41. The predicted octanol–water partition coefficient (Wildman–Crippen LogP) is 2.69. The van der Waals surface area contributed by atoms with Crippen molar-refractivity contribution < 1.29 is 9.47 Å². The molecule has 5 heteroatoms. The molecule has 0 radical (unpaired) electrons. The Morgan fingerprint density at radius 1 is 1.21 bits per heavy atom. The van der Waals surface area contributed by atoms with E-state index >= 15 is 0 Å². The average Bonchev–Trinajstić information content (AvgIpc) is 2.38. The lowest BCUT2D eigenvalue weighted by atomic mass is 10.2. The zero-order chi connectivity index (χ0) is 13.8. The monoisotopic (exact) mass is 260 g/mol. The highest BCUT2D eigenvalue weighted by Gasteiger charge is 2.09. The fraction of sp³-hybridized carbons (Fsp3) is 0.286. The molecular weight excluding hydrogens is 244 g/mol. The van der Waals surface area contributed by atoms with Crippen LogP contribution in [0.3, 0.4) is 0 Å². The summed E-state index contributed by atoms with van der Waals surface area (Å²) in [6, 6.07) is 8.53. The first-order chi connectivity index (χ1) is 9.10. The number of benzene rings is 1.